The molecule has 0 spiro atoms. The molecule has 1 aliphatic rings. The molecule has 0 bridgehead atoms. The number of carbonyl (C=O) groups is 2. The number of benzene rings is 2. The Bertz CT molecular complexity index is 950. The Kier molecular flexibility index (Phi) is 3.89. The zero-order chi connectivity index (χ0) is 18.1. The molecule has 2 aromatic carbocycles. The van der Waals surface area contributed by atoms with Crippen molar-refractivity contribution in [1.82, 2.24) is 10.2 Å². The number of amides is 1. The van der Waals surface area contributed by atoms with Crippen LogP contribution in [0.3, 0.4) is 0 Å². The van der Waals surface area contributed by atoms with Crippen LogP contribution in [0.5, 0.6) is 0 Å². The van der Waals surface area contributed by atoms with E-state index in [0.717, 1.165) is 22.3 Å². The van der Waals surface area contributed by atoms with Crippen LogP contribution >= 0.6 is 0 Å². The van der Waals surface area contributed by atoms with Gasteiger partial charge in [0.1, 0.15) is 12.3 Å². The average molecular weight is 349 g/mol. The van der Waals surface area contributed by atoms with Crippen LogP contribution in [0.4, 0.5) is 10.6 Å². The van der Waals surface area contributed by atoms with Gasteiger partial charge in [0, 0.05) is 12.0 Å². The second kappa shape index (κ2) is 6.36. The van der Waals surface area contributed by atoms with Crippen molar-refractivity contribution >= 4 is 17.9 Å². The molecule has 7 nitrogen and oxygen atoms in total. The van der Waals surface area contributed by atoms with Gasteiger partial charge < -0.3 is 9.84 Å². The lowest BCUT2D eigenvalue weighted by Crippen LogP contribution is -2.18. The molecule has 0 aliphatic heterocycles. The van der Waals surface area contributed by atoms with E-state index in [4.69, 9.17) is 9.84 Å². The Hall–Kier alpha value is -3.61. The quantitative estimate of drug-likeness (QED) is 0.669. The molecule has 7 heteroatoms. The Labute approximate surface area is 148 Å². The minimum atomic E-state index is -1.15. The Morgan fingerprint density at radius 1 is 1.08 bits per heavy atom. The van der Waals surface area contributed by atoms with Crippen molar-refractivity contribution in [2.45, 2.75) is 5.92 Å². The van der Waals surface area contributed by atoms with E-state index >= 15 is 0 Å². The molecular weight excluding hydrogens is 334 g/mol. The van der Waals surface area contributed by atoms with Crippen molar-refractivity contribution in [2.24, 2.45) is 0 Å². The lowest BCUT2D eigenvalue weighted by molar-refractivity contribution is 0.0690. The fraction of sp³-hybridized carbons (Fsp3) is 0.105. The Morgan fingerprint density at radius 2 is 1.69 bits per heavy atom. The molecule has 0 radical (unpaired) electrons. The summed E-state index contributed by atoms with van der Waals surface area (Å²) in [5.74, 6) is -1.10. The number of carboxylic acid groups (broad SMARTS) is 1. The predicted molar refractivity (Wildman–Crippen MR) is 94.2 cm³/mol. The summed E-state index contributed by atoms with van der Waals surface area (Å²) in [7, 11) is 0. The number of ether oxygens (including phenoxy) is 1. The topological polar surface area (TPSA) is 104 Å². The highest BCUT2D eigenvalue weighted by atomic mass is 16.5. The molecule has 1 heterocycles. The van der Waals surface area contributed by atoms with Gasteiger partial charge in [0.2, 0.25) is 0 Å². The van der Waals surface area contributed by atoms with Crippen molar-refractivity contribution in [3.8, 4) is 11.1 Å². The molecule has 0 atom stereocenters. The summed E-state index contributed by atoms with van der Waals surface area (Å²) in [5.41, 5.74) is 4.42. The molecule has 3 aromatic rings. The molecule has 1 amide bonds. The number of fused-ring (bicyclic) bond motifs is 3. The number of hydrogen-bond acceptors (Lipinski definition) is 4. The maximum Gasteiger partial charge on any atom is 0.412 e. The predicted octanol–water partition coefficient (Wildman–Crippen LogP) is 3.47. The first-order valence-electron chi connectivity index (χ1n) is 8.04. The number of carbonyl (C=O) groups excluding carboxylic acids is 1. The summed E-state index contributed by atoms with van der Waals surface area (Å²) in [4.78, 5) is 22.9. The largest absolute Gasteiger partial charge is 0.477 e. The van der Waals surface area contributed by atoms with Gasteiger partial charge >= 0.3 is 12.1 Å². The van der Waals surface area contributed by atoms with Crippen LogP contribution in [0.15, 0.2) is 54.6 Å². The Morgan fingerprint density at radius 3 is 2.27 bits per heavy atom. The van der Waals surface area contributed by atoms with Gasteiger partial charge in [0.05, 0.1) is 0 Å². The lowest BCUT2D eigenvalue weighted by atomic mass is 9.98. The average Bonchev–Trinajstić information content (AvgIpc) is 3.23. The fourth-order valence-corrected chi connectivity index (χ4v) is 3.23. The van der Waals surface area contributed by atoms with Crippen LogP contribution in [-0.2, 0) is 4.74 Å². The van der Waals surface area contributed by atoms with Crippen LogP contribution in [-0.4, -0.2) is 34.0 Å². The minimum Gasteiger partial charge on any atom is -0.477 e. The van der Waals surface area contributed by atoms with Crippen LogP contribution in [0.2, 0.25) is 0 Å². The second-order valence-electron chi connectivity index (χ2n) is 5.92. The number of aromatic carboxylic acids is 1. The third-order valence-corrected chi connectivity index (χ3v) is 4.38. The van der Waals surface area contributed by atoms with Gasteiger partial charge in [-0.2, -0.15) is 5.10 Å². The first-order chi connectivity index (χ1) is 12.6. The zero-order valence-electron chi connectivity index (χ0n) is 13.6. The Balaban J connectivity index is 1.47. The van der Waals surface area contributed by atoms with E-state index in [-0.39, 0.29) is 24.0 Å². The number of carboxylic acids is 1. The van der Waals surface area contributed by atoms with Gasteiger partial charge in [-0.25, -0.2) is 9.59 Å². The molecule has 4 rings (SSSR count). The summed E-state index contributed by atoms with van der Waals surface area (Å²) >= 11 is 0. The molecule has 0 unspecified atom stereocenters. The smallest absolute Gasteiger partial charge is 0.412 e. The van der Waals surface area contributed by atoms with Crippen molar-refractivity contribution < 1.29 is 19.4 Å². The number of rotatable bonds is 4. The molecule has 130 valence electrons. The standard InChI is InChI=1S/C19H15N3O4/c23-18(24)16-9-17(22-21-16)20-19(25)26-10-15-13-7-3-1-5-11(13)12-6-2-4-8-14(12)15/h1-9,15H,10H2,(H,23,24)(H2,20,21,22,25). The van der Waals surface area contributed by atoms with Crippen LogP contribution in [0, 0.1) is 0 Å². The van der Waals surface area contributed by atoms with Gasteiger partial charge in [-0.05, 0) is 22.3 Å². The van der Waals surface area contributed by atoms with Gasteiger partial charge in [0.15, 0.2) is 5.82 Å². The highest BCUT2D eigenvalue weighted by Crippen LogP contribution is 2.44. The first-order valence-corrected chi connectivity index (χ1v) is 8.04. The molecule has 1 aromatic heterocycles. The van der Waals surface area contributed by atoms with E-state index in [1.807, 2.05) is 36.4 Å². The van der Waals surface area contributed by atoms with Crippen molar-refractivity contribution in [2.75, 3.05) is 11.9 Å². The van der Waals surface area contributed by atoms with Crippen molar-refractivity contribution in [1.29, 1.82) is 0 Å². The number of nitrogens with zero attached hydrogens (tertiary/aromatic N) is 1. The van der Waals surface area contributed by atoms with E-state index in [9.17, 15) is 9.59 Å². The van der Waals surface area contributed by atoms with E-state index in [1.54, 1.807) is 0 Å². The molecule has 0 saturated carbocycles. The third kappa shape index (κ3) is 2.79. The van der Waals surface area contributed by atoms with E-state index in [0.29, 0.717) is 0 Å². The van der Waals surface area contributed by atoms with Crippen molar-refractivity contribution in [3.05, 3.63) is 71.4 Å². The van der Waals surface area contributed by atoms with Crippen LogP contribution < -0.4 is 5.32 Å². The summed E-state index contributed by atoms with van der Waals surface area (Å²) in [6.07, 6.45) is -0.685. The summed E-state index contributed by atoms with van der Waals surface area (Å²) < 4.78 is 5.36. The van der Waals surface area contributed by atoms with Gasteiger partial charge in [0.25, 0.3) is 0 Å². The first kappa shape index (κ1) is 15.9. The van der Waals surface area contributed by atoms with Crippen molar-refractivity contribution in [3.63, 3.8) is 0 Å². The molecule has 1 aliphatic carbocycles. The highest BCUT2D eigenvalue weighted by molar-refractivity contribution is 5.89. The van der Waals surface area contributed by atoms with Gasteiger partial charge in [-0.3, -0.25) is 10.4 Å². The van der Waals surface area contributed by atoms with E-state index < -0.39 is 12.1 Å². The molecule has 3 N–H and O–H groups in total. The lowest BCUT2D eigenvalue weighted by Gasteiger charge is -2.14. The SMILES string of the molecule is O=C(Nc1cc(C(=O)O)[nH]n1)OCC1c2ccccc2-c2ccccc21. The summed E-state index contributed by atoms with van der Waals surface area (Å²) in [6, 6.07) is 17.3. The van der Waals surface area contributed by atoms with E-state index in [1.165, 1.54) is 6.07 Å². The van der Waals surface area contributed by atoms with Crippen LogP contribution in [0.1, 0.15) is 27.5 Å². The number of aromatic nitrogens is 2. The maximum absolute atomic E-state index is 12.0. The normalized spacial score (nSPS) is 12.3. The zero-order valence-corrected chi connectivity index (χ0v) is 13.6. The maximum atomic E-state index is 12.0. The number of anilines is 1. The van der Waals surface area contributed by atoms with Gasteiger partial charge in [-0.15, -0.1) is 0 Å². The fourth-order valence-electron chi connectivity index (χ4n) is 3.23. The number of hydrogen-bond donors (Lipinski definition) is 3. The minimum absolute atomic E-state index is 0.0399. The summed E-state index contributed by atoms with van der Waals surface area (Å²) in [5, 5.41) is 17.3. The monoisotopic (exact) mass is 349 g/mol. The number of aromatic amines is 1. The van der Waals surface area contributed by atoms with Crippen LogP contribution in [0.25, 0.3) is 11.1 Å². The molecule has 26 heavy (non-hydrogen) atoms. The number of nitrogens with one attached hydrogen (secondary N) is 2. The van der Waals surface area contributed by atoms with Gasteiger partial charge in [-0.1, -0.05) is 48.5 Å². The molecule has 0 fully saturated rings. The van der Waals surface area contributed by atoms with E-state index in [2.05, 4.69) is 27.6 Å². The highest BCUT2D eigenvalue weighted by Gasteiger charge is 2.29. The summed E-state index contributed by atoms with van der Waals surface area (Å²) in [6.45, 7) is 0.177. The molecule has 0 saturated heterocycles. The third-order valence-electron chi connectivity index (χ3n) is 4.38. The molecular formula is C19H15N3O4. The number of H-pyrrole nitrogens is 1. The second-order valence-corrected chi connectivity index (χ2v) is 5.92.